The van der Waals surface area contributed by atoms with Crippen LogP contribution in [0.25, 0.3) is 0 Å². The summed E-state index contributed by atoms with van der Waals surface area (Å²) in [5, 5.41) is 16.9. The smallest absolute Gasteiger partial charge is 0.306 e. The molecular weight excluding hydrogens is 953 g/mol. The minimum absolute atomic E-state index is 0.0792. The third-order valence-electron chi connectivity index (χ3n) is 13.7. The van der Waals surface area contributed by atoms with Crippen molar-refractivity contribution >= 4 is 29.8 Å². The summed E-state index contributed by atoms with van der Waals surface area (Å²) < 4.78 is 16.0. The fourth-order valence-electron chi connectivity index (χ4n) is 8.89. The van der Waals surface area contributed by atoms with Crippen LogP contribution in [0.5, 0.6) is 0 Å². The molecule has 0 aromatic rings. The second-order valence-corrected chi connectivity index (χ2v) is 21.4. The Bertz CT molecular complexity index is 1300. The summed E-state index contributed by atoms with van der Waals surface area (Å²) in [6.07, 6.45) is 64.0. The fraction of sp³-hybridized carbons (Fsp3) is 0.864. The van der Waals surface area contributed by atoms with E-state index >= 15 is 0 Å². The van der Waals surface area contributed by atoms with E-state index in [0.717, 1.165) is 83.5 Å². The predicted molar refractivity (Wildman–Crippen MR) is 320 cm³/mol. The Labute approximate surface area is 469 Å². The number of ether oxygens (including phenoxy) is 3. The number of unbranched alkanes of at least 4 members (excludes halogenated alkanes) is 38. The average Bonchev–Trinajstić information content (AvgIpc) is 3.40. The van der Waals surface area contributed by atoms with Crippen molar-refractivity contribution in [2.75, 3.05) is 13.2 Å². The van der Waals surface area contributed by atoms with Crippen LogP contribution >= 0.6 is 0 Å². The molecule has 0 saturated heterocycles. The lowest BCUT2D eigenvalue weighted by Gasteiger charge is -2.18. The number of carboxylic acids is 2. The van der Waals surface area contributed by atoms with Crippen LogP contribution < -0.4 is 0 Å². The second-order valence-electron chi connectivity index (χ2n) is 21.4. The van der Waals surface area contributed by atoms with Gasteiger partial charge in [-0.3, -0.25) is 24.0 Å². The number of esters is 3. The van der Waals surface area contributed by atoms with Gasteiger partial charge in [0.2, 0.25) is 0 Å². The molecule has 2 N–H and O–H groups in total. The molecule has 1 unspecified atom stereocenters. The van der Waals surface area contributed by atoms with Crippen molar-refractivity contribution in [2.45, 2.75) is 355 Å². The van der Waals surface area contributed by atoms with Crippen molar-refractivity contribution in [3.05, 3.63) is 24.3 Å². The first-order valence-electron chi connectivity index (χ1n) is 32.3. The molecule has 1 atom stereocenters. The number of aliphatic carboxylic acids is 2. The van der Waals surface area contributed by atoms with Crippen molar-refractivity contribution in [1.29, 1.82) is 0 Å². The molecule has 448 valence electrons. The second kappa shape index (κ2) is 67.9. The molecule has 0 aliphatic carbocycles. The maximum atomic E-state index is 12.4. The standard InChI is InChI=1S/C36H66O6.C18H36O2.C12H22O2/c1-4-7-9-11-13-15-16-17-18-19-20-22-24-26-28-30-36(39)42-33(31-40-34(37)6-3)32-41-35(38)29-27-25-23-21-14-12-10-8-5-2;1-2-3-4-5-6-7-8-9-10-11-12-13-14-15-16-17-18(19)20;1-2-3-4-5-6-7-8-9-10-11-12(13)14/h8,10,33H,4-7,9,11-32H2,1-3H3;2-17H2,1H3,(H,19,20);3-4H,2,5-11H2,1H3,(H,13,14)/b10-8+;;4-3+. The maximum absolute atomic E-state index is 12.4. The summed E-state index contributed by atoms with van der Waals surface area (Å²) in [7, 11) is 0. The van der Waals surface area contributed by atoms with E-state index in [1.165, 1.54) is 199 Å². The number of hydrogen-bond acceptors (Lipinski definition) is 8. The lowest BCUT2D eigenvalue weighted by atomic mass is 10.0. The lowest BCUT2D eigenvalue weighted by Crippen LogP contribution is -2.30. The highest BCUT2D eigenvalue weighted by molar-refractivity contribution is 5.71. The van der Waals surface area contributed by atoms with Gasteiger partial charge >= 0.3 is 29.8 Å². The van der Waals surface area contributed by atoms with Crippen molar-refractivity contribution in [3.8, 4) is 0 Å². The minimum atomic E-state index is -0.760. The number of hydrogen-bond donors (Lipinski definition) is 2. The molecule has 10 nitrogen and oxygen atoms in total. The van der Waals surface area contributed by atoms with Crippen LogP contribution in [0.4, 0.5) is 0 Å². The van der Waals surface area contributed by atoms with E-state index in [9.17, 15) is 24.0 Å². The quantitative estimate of drug-likeness (QED) is 0.0260. The van der Waals surface area contributed by atoms with Gasteiger partial charge in [-0.2, -0.15) is 0 Å². The molecular formula is C66H124O10. The molecule has 0 spiro atoms. The van der Waals surface area contributed by atoms with Gasteiger partial charge in [-0.15, -0.1) is 0 Å². The molecule has 76 heavy (non-hydrogen) atoms. The summed E-state index contributed by atoms with van der Waals surface area (Å²) in [4.78, 5) is 56.7. The first-order chi connectivity index (χ1) is 37.1. The molecule has 0 saturated carbocycles. The molecule has 0 rings (SSSR count). The first-order valence-corrected chi connectivity index (χ1v) is 32.3. The number of carboxylic acid groups (broad SMARTS) is 2. The fourth-order valence-corrected chi connectivity index (χ4v) is 8.89. The Kier molecular flexibility index (Phi) is 68.9. The zero-order valence-corrected chi connectivity index (χ0v) is 50.6. The molecule has 0 radical (unpaired) electrons. The summed E-state index contributed by atoms with van der Waals surface area (Å²) in [6.45, 7) is 10.4. The number of carbonyl (C=O) groups excluding carboxylic acids is 3. The third-order valence-corrected chi connectivity index (χ3v) is 13.7. The topological polar surface area (TPSA) is 154 Å². The van der Waals surface area contributed by atoms with Crippen LogP contribution in [-0.4, -0.2) is 59.4 Å². The Hall–Kier alpha value is -3.17. The van der Waals surface area contributed by atoms with Gasteiger partial charge in [0.15, 0.2) is 6.10 Å². The molecule has 0 heterocycles. The summed E-state index contributed by atoms with van der Waals surface area (Å²) in [5.74, 6) is -2.32. The van der Waals surface area contributed by atoms with E-state index in [4.69, 9.17) is 24.4 Å². The van der Waals surface area contributed by atoms with Crippen molar-refractivity contribution in [2.24, 2.45) is 0 Å². The van der Waals surface area contributed by atoms with E-state index in [-0.39, 0.29) is 37.5 Å². The van der Waals surface area contributed by atoms with Gasteiger partial charge in [0.25, 0.3) is 0 Å². The van der Waals surface area contributed by atoms with Crippen molar-refractivity contribution < 1.29 is 48.4 Å². The Morgan fingerprint density at radius 3 is 0.868 bits per heavy atom. The predicted octanol–water partition coefficient (Wildman–Crippen LogP) is 20.5. The van der Waals surface area contributed by atoms with Gasteiger partial charge in [0, 0.05) is 32.1 Å². The Morgan fingerprint density at radius 2 is 0.579 bits per heavy atom. The summed E-state index contributed by atoms with van der Waals surface area (Å²) >= 11 is 0. The normalized spacial score (nSPS) is 11.5. The largest absolute Gasteiger partial charge is 0.481 e. The van der Waals surface area contributed by atoms with Gasteiger partial charge in [-0.05, 0) is 64.2 Å². The van der Waals surface area contributed by atoms with Gasteiger partial charge < -0.3 is 24.4 Å². The molecule has 10 heteroatoms. The first kappa shape index (κ1) is 77.1. The van der Waals surface area contributed by atoms with Crippen LogP contribution in [0.3, 0.4) is 0 Å². The Morgan fingerprint density at radius 1 is 0.316 bits per heavy atom. The van der Waals surface area contributed by atoms with E-state index in [2.05, 4.69) is 52.0 Å². The lowest BCUT2D eigenvalue weighted by molar-refractivity contribution is -0.166. The van der Waals surface area contributed by atoms with Crippen LogP contribution in [0, 0.1) is 0 Å². The van der Waals surface area contributed by atoms with E-state index in [1.807, 2.05) is 0 Å². The third kappa shape index (κ3) is 72.9. The van der Waals surface area contributed by atoms with Gasteiger partial charge in [0.05, 0.1) is 0 Å². The maximum Gasteiger partial charge on any atom is 0.306 e. The average molecular weight is 1080 g/mol. The molecule has 0 aliphatic rings. The summed E-state index contributed by atoms with van der Waals surface area (Å²) in [6, 6.07) is 0. The van der Waals surface area contributed by atoms with Crippen LogP contribution in [0.2, 0.25) is 0 Å². The van der Waals surface area contributed by atoms with E-state index in [0.29, 0.717) is 25.7 Å². The zero-order valence-electron chi connectivity index (χ0n) is 50.6. The van der Waals surface area contributed by atoms with Gasteiger partial charge in [-0.25, -0.2) is 0 Å². The van der Waals surface area contributed by atoms with Gasteiger partial charge in [0.1, 0.15) is 13.2 Å². The van der Waals surface area contributed by atoms with Crippen molar-refractivity contribution in [1.82, 2.24) is 0 Å². The van der Waals surface area contributed by atoms with Crippen LogP contribution in [-0.2, 0) is 38.2 Å². The number of allylic oxidation sites excluding steroid dienone is 4. The molecule has 0 aromatic heterocycles. The van der Waals surface area contributed by atoms with E-state index < -0.39 is 18.0 Å². The SMILES string of the molecule is CC/C=C/CCCCCCCC(=O)O.CC/C=C/CCCCCCCC(=O)OCC(COC(=O)CC)OC(=O)CCCCCCCCCCCCCCCCC.CCCCCCCCCCCCCCCCCC(=O)O. The van der Waals surface area contributed by atoms with Crippen molar-refractivity contribution in [3.63, 3.8) is 0 Å². The monoisotopic (exact) mass is 1080 g/mol. The van der Waals surface area contributed by atoms with Crippen LogP contribution in [0.15, 0.2) is 24.3 Å². The Balaban J connectivity index is -0.00000128. The highest BCUT2D eigenvalue weighted by Gasteiger charge is 2.19. The molecule has 0 fully saturated rings. The van der Waals surface area contributed by atoms with Crippen LogP contribution in [0.1, 0.15) is 349 Å². The number of rotatable bonds is 56. The number of carbonyl (C=O) groups is 5. The van der Waals surface area contributed by atoms with E-state index in [1.54, 1.807) is 6.92 Å². The van der Waals surface area contributed by atoms with Gasteiger partial charge in [-0.1, -0.05) is 277 Å². The highest BCUT2D eigenvalue weighted by Crippen LogP contribution is 2.17. The molecule has 0 aliphatic heterocycles. The zero-order chi connectivity index (χ0) is 56.5. The molecule has 0 amide bonds. The molecule has 0 aromatic carbocycles. The summed E-state index contributed by atoms with van der Waals surface area (Å²) in [5.41, 5.74) is 0. The minimum Gasteiger partial charge on any atom is -0.481 e. The highest BCUT2D eigenvalue weighted by atomic mass is 16.6. The molecule has 0 bridgehead atoms.